The number of hydrogen-bond donors (Lipinski definition) is 1. The molecule has 3 nitrogen and oxygen atoms in total. The van der Waals surface area contributed by atoms with E-state index >= 15 is 0 Å². The van der Waals surface area contributed by atoms with Crippen LogP contribution in [0.5, 0.6) is 5.75 Å². The van der Waals surface area contributed by atoms with Crippen LogP contribution >= 0.6 is 23.4 Å². The molecule has 0 bridgehead atoms. The van der Waals surface area contributed by atoms with Crippen LogP contribution < -0.4 is 10.1 Å². The number of thioether (sulfide) groups is 1. The van der Waals surface area contributed by atoms with E-state index in [-0.39, 0.29) is 0 Å². The molecule has 0 fully saturated rings. The molecule has 0 saturated carbocycles. The molecule has 0 aromatic heterocycles. The molecule has 2 aromatic rings. The lowest BCUT2D eigenvalue weighted by molar-refractivity contribution is 0.417. The molecule has 2 rings (SSSR count). The van der Waals surface area contributed by atoms with Gasteiger partial charge in [0, 0.05) is 5.02 Å². The van der Waals surface area contributed by atoms with E-state index in [1.807, 2.05) is 42.7 Å². The maximum atomic E-state index is 9.53. The van der Waals surface area contributed by atoms with Crippen molar-refractivity contribution in [3.63, 3.8) is 0 Å². The maximum absolute atomic E-state index is 9.53. The summed E-state index contributed by atoms with van der Waals surface area (Å²) in [5.41, 5.74) is 2.20. The van der Waals surface area contributed by atoms with Crippen LogP contribution in [0.3, 0.4) is 0 Å². The Balaban J connectivity index is 2.43. The monoisotopic (exact) mass is 330 g/mol. The predicted octanol–water partition coefficient (Wildman–Crippen LogP) is 5.02. The third-order valence-electron chi connectivity index (χ3n) is 3.03. The first-order valence-corrected chi connectivity index (χ1v) is 8.14. The summed E-state index contributed by atoms with van der Waals surface area (Å²) >= 11 is 7.38. The van der Waals surface area contributed by atoms with Gasteiger partial charge in [-0.25, -0.2) is 0 Å². The lowest BCUT2D eigenvalue weighted by atomic mass is 10.1. The highest BCUT2D eigenvalue weighted by Gasteiger charge is 2.11. The van der Waals surface area contributed by atoms with E-state index < -0.39 is 0 Å². The molecule has 22 heavy (non-hydrogen) atoms. The van der Waals surface area contributed by atoms with E-state index in [4.69, 9.17) is 16.3 Å². The van der Waals surface area contributed by atoms with E-state index in [0.29, 0.717) is 10.6 Å². The van der Waals surface area contributed by atoms with Gasteiger partial charge in [0.2, 0.25) is 0 Å². The average Bonchev–Trinajstić information content (AvgIpc) is 2.56. The predicted molar refractivity (Wildman–Crippen MR) is 94.1 cm³/mol. The Morgan fingerprint density at radius 2 is 1.86 bits per heavy atom. The Morgan fingerprint density at radius 1 is 1.18 bits per heavy atom. The zero-order chi connectivity index (χ0) is 15.9. The summed E-state index contributed by atoms with van der Waals surface area (Å²) in [5, 5.41) is 14.2. The van der Waals surface area contributed by atoms with E-state index in [2.05, 4.69) is 11.4 Å². The fourth-order valence-corrected chi connectivity index (χ4v) is 2.65. The standard InChI is InChI=1S/C17H15ClN2OS/c1-21-16-6-4-3-5-15(16)20-17(22-2)14(11-19)12-7-9-13(18)10-8-12/h3-10,20H,1-2H3/b17-14+. The number of hydrogen-bond acceptors (Lipinski definition) is 4. The van der Waals surface area contributed by atoms with Gasteiger partial charge in [-0.1, -0.05) is 35.9 Å². The fraction of sp³-hybridized carbons (Fsp3) is 0.118. The maximum Gasteiger partial charge on any atom is 0.142 e. The van der Waals surface area contributed by atoms with Crippen LogP contribution in [0, 0.1) is 11.3 Å². The number of benzene rings is 2. The van der Waals surface area contributed by atoms with Crippen LogP contribution in [-0.4, -0.2) is 13.4 Å². The summed E-state index contributed by atoms with van der Waals surface area (Å²) in [4.78, 5) is 0. The molecule has 0 aliphatic carbocycles. The first kappa shape index (κ1) is 16.3. The van der Waals surface area contributed by atoms with Gasteiger partial charge < -0.3 is 10.1 Å². The number of ether oxygens (including phenoxy) is 1. The van der Waals surface area contributed by atoms with Crippen molar-refractivity contribution in [2.24, 2.45) is 0 Å². The normalized spacial score (nSPS) is 11.4. The molecule has 0 saturated heterocycles. The molecular formula is C17H15ClN2OS. The molecule has 0 aliphatic heterocycles. The molecule has 5 heteroatoms. The molecule has 0 radical (unpaired) electrons. The van der Waals surface area contributed by atoms with Gasteiger partial charge in [-0.15, -0.1) is 11.8 Å². The molecule has 0 amide bonds. The number of allylic oxidation sites excluding steroid dienone is 1. The number of halogens is 1. The topological polar surface area (TPSA) is 45.0 Å². The fourth-order valence-electron chi connectivity index (χ4n) is 1.95. The second-order valence-electron chi connectivity index (χ2n) is 4.35. The van der Waals surface area contributed by atoms with E-state index in [9.17, 15) is 5.26 Å². The quantitative estimate of drug-likeness (QED) is 0.782. The Labute approximate surface area is 139 Å². The Hall–Kier alpha value is -2.09. The van der Waals surface area contributed by atoms with Crippen LogP contribution in [0.25, 0.3) is 5.57 Å². The van der Waals surface area contributed by atoms with Crippen molar-refractivity contribution in [1.82, 2.24) is 0 Å². The van der Waals surface area contributed by atoms with Gasteiger partial charge in [-0.05, 0) is 36.1 Å². The van der Waals surface area contributed by atoms with Gasteiger partial charge in [-0.2, -0.15) is 5.26 Å². The number of nitrogens with one attached hydrogen (secondary N) is 1. The van der Waals surface area contributed by atoms with E-state index in [1.54, 1.807) is 19.2 Å². The highest BCUT2D eigenvalue weighted by atomic mass is 35.5. The van der Waals surface area contributed by atoms with Crippen molar-refractivity contribution >= 4 is 34.6 Å². The summed E-state index contributed by atoms with van der Waals surface area (Å²) < 4.78 is 5.33. The van der Waals surface area contributed by atoms with Crippen molar-refractivity contribution in [2.75, 3.05) is 18.7 Å². The second-order valence-corrected chi connectivity index (χ2v) is 5.61. The molecule has 0 unspecified atom stereocenters. The number of nitrogens with zero attached hydrogens (tertiary/aromatic N) is 1. The van der Waals surface area contributed by atoms with Crippen LogP contribution in [0.1, 0.15) is 5.56 Å². The number of rotatable bonds is 5. The first-order valence-electron chi connectivity index (χ1n) is 6.54. The zero-order valence-corrected chi connectivity index (χ0v) is 13.8. The van der Waals surface area contributed by atoms with E-state index in [0.717, 1.165) is 22.0 Å². The molecule has 0 spiro atoms. The smallest absolute Gasteiger partial charge is 0.142 e. The van der Waals surface area contributed by atoms with Crippen molar-refractivity contribution in [2.45, 2.75) is 0 Å². The van der Waals surface area contributed by atoms with Crippen LogP contribution in [0.15, 0.2) is 53.6 Å². The van der Waals surface area contributed by atoms with Crippen molar-refractivity contribution in [3.05, 3.63) is 64.1 Å². The van der Waals surface area contributed by atoms with Gasteiger partial charge in [0.15, 0.2) is 0 Å². The minimum atomic E-state index is 0.565. The summed E-state index contributed by atoms with van der Waals surface area (Å²) in [6.07, 6.45) is 1.92. The number of methoxy groups -OCH3 is 1. The lowest BCUT2D eigenvalue weighted by Crippen LogP contribution is -2.01. The molecule has 1 N–H and O–H groups in total. The summed E-state index contributed by atoms with van der Waals surface area (Å²) in [6.45, 7) is 0. The van der Waals surface area contributed by atoms with Gasteiger partial charge >= 0.3 is 0 Å². The third-order valence-corrected chi connectivity index (χ3v) is 4.00. The van der Waals surface area contributed by atoms with Gasteiger partial charge in [0.05, 0.1) is 23.4 Å². The molecule has 112 valence electrons. The molecular weight excluding hydrogens is 316 g/mol. The van der Waals surface area contributed by atoms with Crippen LogP contribution in [0.2, 0.25) is 5.02 Å². The molecule has 0 atom stereocenters. The minimum absolute atomic E-state index is 0.565. The highest BCUT2D eigenvalue weighted by molar-refractivity contribution is 8.02. The van der Waals surface area contributed by atoms with Crippen molar-refractivity contribution < 1.29 is 4.74 Å². The largest absolute Gasteiger partial charge is 0.495 e. The van der Waals surface area contributed by atoms with Gasteiger partial charge in [0.1, 0.15) is 11.8 Å². The number of anilines is 1. The molecule has 0 aliphatic rings. The number of para-hydroxylation sites is 2. The van der Waals surface area contributed by atoms with Crippen LogP contribution in [0.4, 0.5) is 5.69 Å². The van der Waals surface area contributed by atoms with Crippen molar-refractivity contribution in [1.29, 1.82) is 5.26 Å². The molecule has 0 heterocycles. The second kappa shape index (κ2) is 7.79. The lowest BCUT2D eigenvalue weighted by Gasteiger charge is -2.14. The molecule has 2 aromatic carbocycles. The number of nitriles is 1. The third kappa shape index (κ3) is 3.76. The average molecular weight is 331 g/mol. The first-order chi connectivity index (χ1) is 10.7. The summed E-state index contributed by atoms with van der Waals surface area (Å²) in [7, 11) is 1.62. The summed E-state index contributed by atoms with van der Waals surface area (Å²) in [6, 6.07) is 17.1. The Bertz CT molecular complexity index is 720. The Kier molecular flexibility index (Phi) is 5.76. The van der Waals surface area contributed by atoms with Gasteiger partial charge in [0.25, 0.3) is 0 Å². The SMILES string of the molecule is COc1ccccc1N/C(SC)=C(/C#N)c1ccc(Cl)cc1. The summed E-state index contributed by atoms with van der Waals surface area (Å²) in [5.74, 6) is 0.724. The van der Waals surface area contributed by atoms with Gasteiger partial charge in [-0.3, -0.25) is 0 Å². The zero-order valence-electron chi connectivity index (χ0n) is 12.3. The highest BCUT2D eigenvalue weighted by Crippen LogP contribution is 2.31. The van der Waals surface area contributed by atoms with Crippen molar-refractivity contribution in [3.8, 4) is 11.8 Å². The Morgan fingerprint density at radius 3 is 2.45 bits per heavy atom. The minimum Gasteiger partial charge on any atom is -0.495 e. The van der Waals surface area contributed by atoms with Crippen LogP contribution in [-0.2, 0) is 0 Å². The van der Waals surface area contributed by atoms with E-state index in [1.165, 1.54) is 11.8 Å².